The molecule has 176 valence electrons. The number of anilines is 1. The fraction of sp³-hybridized carbons (Fsp3) is 0.423. The van der Waals surface area contributed by atoms with E-state index in [0.717, 1.165) is 40.6 Å². The van der Waals surface area contributed by atoms with Crippen LogP contribution in [0, 0.1) is 5.82 Å². The number of benzene rings is 2. The van der Waals surface area contributed by atoms with Gasteiger partial charge in [-0.15, -0.1) is 0 Å². The van der Waals surface area contributed by atoms with Gasteiger partial charge in [0.1, 0.15) is 5.82 Å². The summed E-state index contributed by atoms with van der Waals surface area (Å²) in [6.45, 7) is 2.85. The number of carbonyl (C=O) groups excluding carboxylic acids is 1. The third-order valence-electron chi connectivity index (χ3n) is 6.65. The van der Waals surface area contributed by atoms with E-state index in [-0.39, 0.29) is 17.6 Å². The molecule has 0 bridgehead atoms. The van der Waals surface area contributed by atoms with Crippen LogP contribution in [0.25, 0.3) is 10.9 Å². The molecule has 7 heteroatoms. The second-order valence-electron chi connectivity index (χ2n) is 8.92. The van der Waals surface area contributed by atoms with Gasteiger partial charge in [-0.2, -0.15) is 0 Å². The van der Waals surface area contributed by atoms with Crippen molar-refractivity contribution in [2.45, 2.75) is 31.8 Å². The zero-order chi connectivity index (χ0) is 23.5. The average Bonchev–Trinajstić information content (AvgIpc) is 3.21. The zero-order valence-corrected chi connectivity index (χ0v) is 19.7. The topological polar surface area (TPSA) is 63.7 Å². The van der Waals surface area contributed by atoms with E-state index in [4.69, 9.17) is 10.5 Å². The number of hydrogen-bond donors (Lipinski definition) is 1. The molecule has 4 rings (SSSR count). The van der Waals surface area contributed by atoms with Crippen LogP contribution in [0.3, 0.4) is 0 Å². The monoisotopic (exact) mass is 452 g/mol. The number of amides is 1. The number of likely N-dealkylation sites (tertiary alicyclic amines) is 1. The first-order chi connectivity index (χ1) is 15.9. The van der Waals surface area contributed by atoms with Gasteiger partial charge in [-0.25, -0.2) is 4.39 Å². The minimum absolute atomic E-state index is 0.0279. The molecule has 1 aliphatic heterocycles. The summed E-state index contributed by atoms with van der Waals surface area (Å²) in [4.78, 5) is 17.6. The van der Waals surface area contributed by atoms with Crippen LogP contribution in [-0.2, 0) is 17.8 Å². The second-order valence-corrected chi connectivity index (χ2v) is 8.92. The number of carbonyl (C=O) groups is 1. The highest BCUT2D eigenvalue weighted by molar-refractivity contribution is 6.11. The molecule has 0 spiro atoms. The first kappa shape index (κ1) is 23.3. The zero-order valence-electron chi connectivity index (χ0n) is 19.7. The van der Waals surface area contributed by atoms with E-state index in [1.807, 2.05) is 54.4 Å². The maximum atomic E-state index is 14.5. The number of methoxy groups -OCH3 is 1. The van der Waals surface area contributed by atoms with Crippen LogP contribution in [0.2, 0.25) is 0 Å². The summed E-state index contributed by atoms with van der Waals surface area (Å²) in [5.74, 6) is -0.0603. The second kappa shape index (κ2) is 9.93. The Morgan fingerprint density at radius 1 is 1.21 bits per heavy atom. The molecule has 0 saturated carbocycles. The highest BCUT2D eigenvalue weighted by Crippen LogP contribution is 2.34. The number of ether oxygens (including phenoxy) is 1. The summed E-state index contributed by atoms with van der Waals surface area (Å²) in [5, 5.41) is 0.965. The normalized spacial score (nSPS) is 14.8. The Balaban J connectivity index is 1.59. The van der Waals surface area contributed by atoms with E-state index in [1.54, 1.807) is 13.2 Å². The first-order valence-corrected chi connectivity index (χ1v) is 11.5. The summed E-state index contributed by atoms with van der Waals surface area (Å²) >= 11 is 0. The molecular weight excluding hydrogens is 419 g/mol. The standard InChI is InChI=1S/C26H33FN4O2/c1-29(2)23-5-4-6-24-25(23)21(17-31(24)13-14-33-3)26(32)30-11-9-19(10-12-30)20-15-18(16-28)7-8-22(20)27/h4-8,15,17,19H,9-14,16,28H2,1-3H3. The summed E-state index contributed by atoms with van der Waals surface area (Å²) in [6, 6.07) is 11.2. The van der Waals surface area contributed by atoms with Gasteiger partial charge in [0.2, 0.25) is 0 Å². The number of nitrogens with two attached hydrogens (primary N) is 1. The minimum Gasteiger partial charge on any atom is -0.383 e. The molecule has 33 heavy (non-hydrogen) atoms. The maximum absolute atomic E-state index is 14.5. The van der Waals surface area contributed by atoms with Gasteiger partial charge in [0, 0.05) is 64.7 Å². The Morgan fingerprint density at radius 2 is 1.97 bits per heavy atom. The highest BCUT2D eigenvalue weighted by atomic mass is 19.1. The number of halogens is 1. The number of piperidine rings is 1. The molecule has 3 aromatic rings. The molecule has 1 saturated heterocycles. The van der Waals surface area contributed by atoms with Gasteiger partial charge in [-0.1, -0.05) is 18.2 Å². The van der Waals surface area contributed by atoms with Crippen LogP contribution in [0.15, 0.2) is 42.6 Å². The molecule has 0 radical (unpaired) electrons. The van der Waals surface area contributed by atoms with Crippen molar-refractivity contribution >= 4 is 22.5 Å². The lowest BCUT2D eigenvalue weighted by Crippen LogP contribution is -2.38. The molecule has 1 amide bonds. The van der Waals surface area contributed by atoms with Crippen molar-refractivity contribution in [3.63, 3.8) is 0 Å². The predicted molar refractivity (Wildman–Crippen MR) is 130 cm³/mol. The lowest BCUT2D eigenvalue weighted by atomic mass is 9.88. The van der Waals surface area contributed by atoms with Crippen molar-refractivity contribution in [1.29, 1.82) is 0 Å². The van der Waals surface area contributed by atoms with E-state index in [0.29, 0.717) is 38.3 Å². The number of fused-ring (bicyclic) bond motifs is 1. The van der Waals surface area contributed by atoms with Gasteiger partial charge >= 0.3 is 0 Å². The fourth-order valence-corrected chi connectivity index (χ4v) is 4.84. The highest BCUT2D eigenvalue weighted by Gasteiger charge is 2.29. The summed E-state index contributed by atoms with van der Waals surface area (Å²) < 4.78 is 21.8. The average molecular weight is 453 g/mol. The Bertz CT molecular complexity index is 1130. The third kappa shape index (κ3) is 4.61. The van der Waals surface area contributed by atoms with Crippen LogP contribution in [-0.4, -0.2) is 56.3 Å². The predicted octanol–water partition coefficient (Wildman–Crippen LogP) is 3.97. The van der Waals surface area contributed by atoms with E-state index < -0.39 is 0 Å². The first-order valence-electron chi connectivity index (χ1n) is 11.5. The van der Waals surface area contributed by atoms with E-state index in [9.17, 15) is 9.18 Å². The molecule has 1 aromatic heterocycles. The molecule has 2 aromatic carbocycles. The molecule has 6 nitrogen and oxygen atoms in total. The molecule has 2 heterocycles. The van der Waals surface area contributed by atoms with Crippen LogP contribution in [0.5, 0.6) is 0 Å². The van der Waals surface area contributed by atoms with Crippen molar-refractivity contribution in [3.8, 4) is 0 Å². The molecular formula is C26H33FN4O2. The van der Waals surface area contributed by atoms with Crippen molar-refractivity contribution in [1.82, 2.24) is 9.47 Å². The summed E-state index contributed by atoms with van der Waals surface area (Å²) in [7, 11) is 5.66. The van der Waals surface area contributed by atoms with Crippen molar-refractivity contribution < 1.29 is 13.9 Å². The van der Waals surface area contributed by atoms with Crippen LogP contribution < -0.4 is 10.6 Å². The van der Waals surface area contributed by atoms with Crippen LogP contribution in [0.4, 0.5) is 10.1 Å². The number of nitrogens with zero attached hydrogens (tertiary/aromatic N) is 3. The fourth-order valence-electron chi connectivity index (χ4n) is 4.84. The number of hydrogen-bond acceptors (Lipinski definition) is 4. The van der Waals surface area contributed by atoms with Crippen molar-refractivity contribution in [2.24, 2.45) is 5.73 Å². The van der Waals surface area contributed by atoms with Gasteiger partial charge in [-0.05, 0) is 48.1 Å². The lowest BCUT2D eigenvalue weighted by Gasteiger charge is -2.32. The molecule has 2 N–H and O–H groups in total. The van der Waals surface area contributed by atoms with Crippen molar-refractivity contribution in [3.05, 3.63) is 65.1 Å². The van der Waals surface area contributed by atoms with E-state index in [2.05, 4.69) is 4.57 Å². The summed E-state index contributed by atoms with van der Waals surface area (Å²) in [5.41, 5.74) is 10.2. The van der Waals surface area contributed by atoms with Crippen molar-refractivity contribution in [2.75, 3.05) is 45.8 Å². The van der Waals surface area contributed by atoms with E-state index >= 15 is 0 Å². The molecule has 1 fully saturated rings. The number of aromatic nitrogens is 1. The molecule has 0 atom stereocenters. The largest absolute Gasteiger partial charge is 0.383 e. The van der Waals surface area contributed by atoms with E-state index in [1.165, 1.54) is 6.07 Å². The van der Waals surface area contributed by atoms with Crippen LogP contribution in [0.1, 0.15) is 40.2 Å². The Morgan fingerprint density at radius 3 is 2.64 bits per heavy atom. The Hall–Kier alpha value is -2.90. The minimum atomic E-state index is -0.186. The van der Waals surface area contributed by atoms with Gasteiger partial charge in [0.05, 0.1) is 17.7 Å². The van der Waals surface area contributed by atoms with Gasteiger partial charge in [0.15, 0.2) is 0 Å². The lowest BCUT2D eigenvalue weighted by molar-refractivity contribution is 0.0714. The smallest absolute Gasteiger partial charge is 0.256 e. The maximum Gasteiger partial charge on any atom is 0.256 e. The SMILES string of the molecule is COCCn1cc(C(=O)N2CCC(c3cc(CN)ccc3F)CC2)c2c(N(C)C)cccc21. The Kier molecular flexibility index (Phi) is 7.00. The molecule has 0 aliphatic carbocycles. The van der Waals surface area contributed by atoms with Gasteiger partial charge < -0.3 is 24.8 Å². The Labute approximate surface area is 194 Å². The van der Waals surface area contributed by atoms with Gasteiger partial charge in [-0.3, -0.25) is 4.79 Å². The number of rotatable bonds is 7. The molecule has 1 aliphatic rings. The van der Waals surface area contributed by atoms with Crippen LogP contribution >= 0.6 is 0 Å². The quantitative estimate of drug-likeness (QED) is 0.589. The molecule has 0 unspecified atom stereocenters. The summed E-state index contributed by atoms with van der Waals surface area (Å²) in [6.07, 6.45) is 3.43. The third-order valence-corrected chi connectivity index (χ3v) is 6.65. The van der Waals surface area contributed by atoms with Gasteiger partial charge in [0.25, 0.3) is 5.91 Å².